The molecule has 1 aromatic carbocycles. The molecule has 0 saturated heterocycles. The first-order valence-electron chi connectivity index (χ1n) is 9.36. The quantitative estimate of drug-likeness (QED) is 0.666. The molecule has 1 amide bonds. The first-order chi connectivity index (χ1) is 13.8. The lowest BCUT2D eigenvalue weighted by Gasteiger charge is -2.14. The number of rotatable bonds is 6. The molecule has 0 aliphatic rings. The summed E-state index contributed by atoms with van der Waals surface area (Å²) in [6, 6.07) is 5.31. The van der Waals surface area contributed by atoms with E-state index in [9.17, 15) is 4.79 Å². The summed E-state index contributed by atoms with van der Waals surface area (Å²) in [5.74, 6) is 1.09. The van der Waals surface area contributed by atoms with Crippen LogP contribution in [0.5, 0.6) is 11.5 Å². The molecule has 2 N–H and O–H groups in total. The number of methoxy groups -OCH3 is 2. The average Bonchev–Trinajstić information content (AvgIpc) is 3.19. The molecular weight excluding hydrogens is 370 g/mol. The van der Waals surface area contributed by atoms with Crippen molar-refractivity contribution in [2.45, 2.75) is 33.7 Å². The Morgan fingerprint density at radius 2 is 1.93 bits per heavy atom. The number of aryl methyl sites for hydroxylation is 2. The lowest BCUT2D eigenvalue weighted by atomic mass is 10.0. The van der Waals surface area contributed by atoms with Crippen LogP contribution >= 0.6 is 0 Å². The van der Waals surface area contributed by atoms with E-state index in [1.807, 2.05) is 51.6 Å². The minimum atomic E-state index is -0.219. The van der Waals surface area contributed by atoms with Crippen LogP contribution in [0.25, 0.3) is 11.3 Å². The van der Waals surface area contributed by atoms with Crippen molar-refractivity contribution in [2.24, 2.45) is 7.05 Å². The average molecular weight is 397 g/mol. The molecular formula is C21H27N5O3. The minimum Gasteiger partial charge on any atom is -0.497 e. The molecule has 1 atom stereocenters. The Hall–Kier alpha value is -3.29. The van der Waals surface area contributed by atoms with Crippen molar-refractivity contribution in [3.63, 3.8) is 0 Å². The number of H-pyrrole nitrogens is 1. The number of hydrogen-bond acceptors (Lipinski definition) is 5. The fourth-order valence-electron chi connectivity index (χ4n) is 3.63. The van der Waals surface area contributed by atoms with Crippen molar-refractivity contribution in [1.29, 1.82) is 0 Å². The maximum absolute atomic E-state index is 12.9. The van der Waals surface area contributed by atoms with Crippen LogP contribution in [0, 0.1) is 20.8 Å². The van der Waals surface area contributed by atoms with Gasteiger partial charge in [-0.1, -0.05) is 0 Å². The van der Waals surface area contributed by atoms with E-state index in [-0.39, 0.29) is 11.9 Å². The molecule has 0 fully saturated rings. The Morgan fingerprint density at radius 3 is 2.52 bits per heavy atom. The van der Waals surface area contributed by atoms with Gasteiger partial charge in [0.15, 0.2) is 0 Å². The van der Waals surface area contributed by atoms with Gasteiger partial charge in [-0.25, -0.2) is 0 Å². The van der Waals surface area contributed by atoms with E-state index < -0.39 is 0 Å². The van der Waals surface area contributed by atoms with Crippen LogP contribution in [-0.2, 0) is 7.05 Å². The maximum Gasteiger partial charge on any atom is 0.270 e. The zero-order chi connectivity index (χ0) is 21.3. The summed E-state index contributed by atoms with van der Waals surface area (Å²) in [5, 5.41) is 14.7. The van der Waals surface area contributed by atoms with Gasteiger partial charge >= 0.3 is 0 Å². The lowest BCUT2D eigenvalue weighted by molar-refractivity contribution is 0.0934. The van der Waals surface area contributed by atoms with Crippen LogP contribution in [0.4, 0.5) is 0 Å². The number of nitrogens with one attached hydrogen (secondary N) is 2. The van der Waals surface area contributed by atoms with Crippen molar-refractivity contribution in [3.8, 4) is 22.8 Å². The van der Waals surface area contributed by atoms with Crippen LogP contribution in [0.3, 0.4) is 0 Å². The highest BCUT2D eigenvalue weighted by molar-refractivity contribution is 5.95. The molecule has 2 heterocycles. The number of hydrogen-bond donors (Lipinski definition) is 2. The van der Waals surface area contributed by atoms with Gasteiger partial charge in [-0.05, 0) is 39.8 Å². The molecule has 0 saturated carbocycles. The second-order valence-electron chi connectivity index (χ2n) is 7.04. The molecule has 0 aliphatic carbocycles. The van der Waals surface area contributed by atoms with Gasteiger partial charge in [-0.2, -0.15) is 10.2 Å². The number of carbonyl (C=O) groups excluding carboxylic acids is 1. The van der Waals surface area contributed by atoms with Crippen LogP contribution in [0.1, 0.15) is 46.0 Å². The Balaban J connectivity index is 1.88. The number of nitrogens with zero attached hydrogens (tertiary/aromatic N) is 3. The Kier molecular flexibility index (Phi) is 5.63. The predicted octanol–water partition coefficient (Wildman–Crippen LogP) is 3.24. The van der Waals surface area contributed by atoms with E-state index in [0.29, 0.717) is 22.9 Å². The standard InChI is InChI=1S/C21H27N5O3/c1-11-19(16-9-8-15(28-6)10-17(16)29-7)23-24-20(11)21(27)22-12(2)18-13(3)25-26(5)14(18)4/h8-10,12H,1-7H3,(H,22,27)(H,23,24)/t12-/m1/s1. The molecule has 0 bridgehead atoms. The molecule has 3 aromatic rings. The molecule has 29 heavy (non-hydrogen) atoms. The highest BCUT2D eigenvalue weighted by Crippen LogP contribution is 2.34. The molecule has 3 rings (SSSR count). The van der Waals surface area contributed by atoms with Gasteiger partial charge in [-0.3, -0.25) is 14.6 Å². The number of ether oxygens (including phenoxy) is 2. The zero-order valence-electron chi connectivity index (χ0n) is 17.9. The lowest BCUT2D eigenvalue weighted by Crippen LogP contribution is -2.28. The normalized spacial score (nSPS) is 12.0. The van der Waals surface area contributed by atoms with E-state index in [0.717, 1.165) is 28.1 Å². The van der Waals surface area contributed by atoms with Gasteiger partial charge < -0.3 is 14.8 Å². The smallest absolute Gasteiger partial charge is 0.270 e. The highest BCUT2D eigenvalue weighted by Gasteiger charge is 2.23. The van der Waals surface area contributed by atoms with Crippen molar-refractivity contribution in [1.82, 2.24) is 25.3 Å². The van der Waals surface area contributed by atoms with E-state index >= 15 is 0 Å². The molecule has 0 radical (unpaired) electrons. The summed E-state index contributed by atoms with van der Waals surface area (Å²) < 4.78 is 12.5. The molecule has 154 valence electrons. The van der Waals surface area contributed by atoms with Gasteiger partial charge in [0.1, 0.15) is 17.2 Å². The van der Waals surface area contributed by atoms with Gasteiger partial charge in [0.2, 0.25) is 0 Å². The Morgan fingerprint density at radius 1 is 1.21 bits per heavy atom. The molecule has 8 heteroatoms. The predicted molar refractivity (Wildman–Crippen MR) is 110 cm³/mol. The third-order valence-electron chi connectivity index (χ3n) is 5.25. The second kappa shape index (κ2) is 7.98. The van der Waals surface area contributed by atoms with Crippen LogP contribution < -0.4 is 14.8 Å². The molecule has 0 spiro atoms. The van der Waals surface area contributed by atoms with Crippen molar-refractivity contribution >= 4 is 5.91 Å². The number of aromatic amines is 1. The second-order valence-corrected chi connectivity index (χ2v) is 7.04. The minimum absolute atomic E-state index is 0.183. The third-order valence-corrected chi connectivity index (χ3v) is 5.25. The van der Waals surface area contributed by atoms with Gasteiger partial charge in [0.25, 0.3) is 5.91 Å². The summed E-state index contributed by atoms with van der Waals surface area (Å²) in [6.45, 7) is 7.75. The topological polar surface area (TPSA) is 94.1 Å². The molecule has 8 nitrogen and oxygen atoms in total. The van der Waals surface area contributed by atoms with Crippen LogP contribution in [0.15, 0.2) is 18.2 Å². The molecule has 2 aromatic heterocycles. The van der Waals surface area contributed by atoms with Gasteiger partial charge in [0, 0.05) is 35.5 Å². The summed E-state index contributed by atoms with van der Waals surface area (Å²) >= 11 is 0. The zero-order valence-corrected chi connectivity index (χ0v) is 17.9. The van der Waals surface area contributed by atoms with Gasteiger partial charge in [-0.15, -0.1) is 0 Å². The first kappa shape index (κ1) is 20.4. The van der Waals surface area contributed by atoms with Crippen LogP contribution in [0.2, 0.25) is 0 Å². The van der Waals surface area contributed by atoms with Crippen molar-refractivity contribution in [3.05, 3.63) is 46.4 Å². The number of aromatic nitrogens is 4. The summed E-state index contributed by atoms with van der Waals surface area (Å²) in [5.41, 5.74) is 5.57. The molecule has 0 unspecified atom stereocenters. The number of benzene rings is 1. The maximum atomic E-state index is 12.9. The first-order valence-corrected chi connectivity index (χ1v) is 9.36. The van der Waals surface area contributed by atoms with E-state index in [2.05, 4.69) is 20.6 Å². The number of amides is 1. The monoisotopic (exact) mass is 397 g/mol. The van der Waals surface area contributed by atoms with E-state index in [4.69, 9.17) is 9.47 Å². The summed E-state index contributed by atoms with van der Waals surface area (Å²) in [4.78, 5) is 12.9. The summed E-state index contributed by atoms with van der Waals surface area (Å²) in [6.07, 6.45) is 0. The van der Waals surface area contributed by atoms with Gasteiger partial charge in [0.05, 0.1) is 31.6 Å². The SMILES string of the molecule is COc1ccc(-c2n[nH]c(C(=O)N[C@H](C)c3c(C)nn(C)c3C)c2C)c(OC)c1. The Labute approximate surface area is 170 Å². The number of carbonyl (C=O) groups is 1. The van der Waals surface area contributed by atoms with E-state index in [1.165, 1.54) is 0 Å². The van der Waals surface area contributed by atoms with Crippen molar-refractivity contribution < 1.29 is 14.3 Å². The fraction of sp³-hybridized carbons (Fsp3) is 0.381. The van der Waals surface area contributed by atoms with Crippen molar-refractivity contribution in [2.75, 3.05) is 14.2 Å². The largest absolute Gasteiger partial charge is 0.497 e. The van der Waals surface area contributed by atoms with E-state index in [1.54, 1.807) is 20.3 Å². The van der Waals surface area contributed by atoms with Crippen LogP contribution in [-0.4, -0.2) is 40.1 Å². The Bertz CT molecular complexity index is 1050. The fourth-order valence-corrected chi connectivity index (χ4v) is 3.63. The highest BCUT2D eigenvalue weighted by atomic mass is 16.5. The summed E-state index contributed by atoms with van der Waals surface area (Å²) in [7, 11) is 5.09. The third kappa shape index (κ3) is 3.70. The molecule has 0 aliphatic heterocycles.